The van der Waals surface area contributed by atoms with Gasteiger partial charge in [0.25, 0.3) is 10.0 Å². The van der Waals surface area contributed by atoms with E-state index in [0.717, 1.165) is 38.1 Å². The van der Waals surface area contributed by atoms with Crippen LogP contribution in [0.15, 0.2) is 69.0 Å². The SMILES string of the molecule is CCOC(=O)Cc1ccccc1OCc1cc(-c2csc(C(CC)=NS(=O)(=O)C(C)(C)C)c2)c2occc2c1. The van der Waals surface area contributed by atoms with Crippen molar-refractivity contribution in [3.63, 3.8) is 0 Å². The highest BCUT2D eigenvalue weighted by molar-refractivity contribution is 7.91. The third-order valence-electron chi connectivity index (χ3n) is 6.15. The van der Waals surface area contributed by atoms with E-state index in [2.05, 4.69) is 4.40 Å². The van der Waals surface area contributed by atoms with Crippen molar-refractivity contribution in [2.75, 3.05) is 6.61 Å². The third kappa shape index (κ3) is 6.59. The summed E-state index contributed by atoms with van der Waals surface area (Å²) in [5.74, 6) is 0.329. The van der Waals surface area contributed by atoms with Crippen molar-refractivity contribution in [1.29, 1.82) is 0 Å². The normalized spacial score (nSPS) is 12.6. The van der Waals surface area contributed by atoms with Crippen molar-refractivity contribution in [3.05, 3.63) is 76.2 Å². The minimum absolute atomic E-state index is 0.139. The number of hydrogen-bond donors (Lipinski definition) is 0. The molecule has 4 aromatic rings. The summed E-state index contributed by atoms with van der Waals surface area (Å²) in [5, 5.41) is 2.92. The summed E-state index contributed by atoms with van der Waals surface area (Å²) in [6.07, 6.45) is 2.28. The van der Waals surface area contributed by atoms with E-state index in [9.17, 15) is 13.2 Å². The largest absolute Gasteiger partial charge is 0.489 e. The monoisotopic (exact) mass is 567 g/mol. The minimum atomic E-state index is -3.66. The number of hydrogen-bond acceptors (Lipinski definition) is 7. The smallest absolute Gasteiger partial charge is 0.310 e. The Hall–Kier alpha value is -3.43. The third-order valence-corrected chi connectivity index (χ3v) is 9.14. The van der Waals surface area contributed by atoms with Gasteiger partial charge in [-0.15, -0.1) is 11.3 Å². The molecule has 0 atom stereocenters. The Morgan fingerprint density at radius 1 is 1.08 bits per heavy atom. The Morgan fingerprint density at radius 2 is 1.85 bits per heavy atom. The Morgan fingerprint density at radius 3 is 2.56 bits per heavy atom. The van der Waals surface area contributed by atoms with Crippen LogP contribution in [-0.4, -0.2) is 31.5 Å². The zero-order valence-corrected chi connectivity index (χ0v) is 24.4. The van der Waals surface area contributed by atoms with Gasteiger partial charge in [0.1, 0.15) is 17.9 Å². The van der Waals surface area contributed by atoms with Crippen molar-refractivity contribution in [2.24, 2.45) is 4.40 Å². The Balaban J connectivity index is 1.63. The summed E-state index contributed by atoms with van der Waals surface area (Å²) in [5.41, 5.74) is 4.76. The van der Waals surface area contributed by atoms with Crippen molar-refractivity contribution in [2.45, 2.75) is 58.8 Å². The maximum absolute atomic E-state index is 12.7. The molecule has 0 unspecified atom stereocenters. The van der Waals surface area contributed by atoms with E-state index in [-0.39, 0.29) is 19.0 Å². The molecule has 2 aromatic carbocycles. The van der Waals surface area contributed by atoms with Gasteiger partial charge in [-0.05, 0) is 81.0 Å². The Labute approximate surface area is 233 Å². The fraction of sp³-hybridized carbons (Fsp3) is 0.333. The second kappa shape index (κ2) is 11.8. The average Bonchev–Trinajstić information content (AvgIpc) is 3.56. The van der Waals surface area contributed by atoms with E-state index < -0.39 is 14.8 Å². The van der Waals surface area contributed by atoms with Gasteiger partial charge >= 0.3 is 5.97 Å². The topological polar surface area (TPSA) is 95.2 Å². The van der Waals surface area contributed by atoms with Crippen LogP contribution in [0.25, 0.3) is 22.1 Å². The van der Waals surface area contributed by atoms with E-state index in [1.165, 1.54) is 11.3 Å². The maximum atomic E-state index is 12.7. The highest BCUT2D eigenvalue weighted by Crippen LogP contribution is 2.35. The van der Waals surface area contributed by atoms with Gasteiger partial charge in [-0.25, -0.2) is 8.42 Å². The molecule has 7 nitrogen and oxygen atoms in total. The minimum Gasteiger partial charge on any atom is -0.489 e. The number of ether oxygens (including phenoxy) is 2. The number of esters is 1. The van der Waals surface area contributed by atoms with Crippen LogP contribution in [0.1, 0.15) is 57.0 Å². The molecule has 39 heavy (non-hydrogen) atoms. The molecule has 0 fully saturated rings. The lowest BCUT2D eigenvalue weighted by atomic mass is 10.0. The van der Waals surface area contributed by atoms with E-state index in [1.54, 1.807) is 34.0 Å². The van der Waals surface area contributed by atoms with Crippen LogP contribution in [-0.2, 0) is 32.6 Å². The molecule has 0 aliphatic carbocycles. The van der Waals surface area contributed by atoms with Crippen LogP contribution in [0, 0.1) is 0 Å². The summed E-state index contributed by atoms with van der Waals surface area (Å²) in [6.45, 7) is 9.25. The first-order valence-corrected chi connectivity index (χ1v) is 15.1. The number of sulfonamides is 1. The molecule has 206 valence electrons. The number of carbonyl (C=O) groups excluding carboxylic acids is 1. The summed E-state index contributed by atoms with van der Waals surface area (Å²) in [4.78, 5) is 12.8. The molecule has 0 saturated carbocycles. The quantitative estimate of drug-likeness (QED) is 0.149. The lowest BCUT2D eigenvalue weighted by Gasteiger charge is -2.16. The number of nitrogens with zero attached hydrogens (tertiary/aromatic N) is 1. The first kappa shape index (κ1) is 28.6. The molecule has 0 amide bonds. The number of para-hydroxylation sites is 1. The van der Waals surface area contributed by atoms with E-state index in [1.807, 2.05) is 60.8 Å². The molecule has 0 saturated heterocycles. The fourth-order valence-corrected chi connectivity index (χ4v) is 5.77. The van der Waals surface area contributed by atoms with E-state index in [4.69, 9.17) is 13.9 Å². The number of benzene rings is 2. The second-order valence-electron chi connectivity index (χ2n) is 10.0. The van der Waals surface area contributed by atoms with Gasteiger partial charge in [-0.1, -0.05) is 25.1 Å². The number of fused-ring (bicyclic) bond motifs is 1. The summed E-state index contributed by atoms with van der Waals surface area (Å²) < 4.78 is 45.7. The predicted molar refractivity (Wildman–Crippen MR) is 156 cm³/mol. The van der Waals surface area contributed by atoms with Gasteiger partial charge < -0.3 is 13.9 Å². The van der Waals surface area contributed by atoms with Crippen LogP contribution in [0.4, 0.5) is 0 Å². The Bertz CT molecular complexity index is 1610. The highest BCUT2D eigenvalue weighted by Gasteiger charge is 2.29. The van der Waals surface area contributed by atoms with Crippen LogP contribution in [0.2, 0.25) is 0 Å². The maximum Gasteiger partial charge on any atom is 0.310 e. The molecule has 2 heterocycles. The van der Waals surface area contributed by atoms with Gasteiger partial charge in [0.2, 0.25) is 0 Å². The van der Waals surface area contributed by atoms with Crippen molar-refractivity contribution in [3.8, 4) is 16.9 Å². The molecule has 4 rings (SSSR count). The van der Waals surface area contributed by atoms with Crippen LogP contribution < -0.4 is 4.74 Å². The molecule has 0 spiro atoms. The van der Waals surface area contributed by atoms with Gasteiger partial charge in [0, 0.05) is 21.4 Å². The van der Waals surface area contributed by atoms with Gasteiger partial charge in [0.15, 0.2) is 0 Å². The first-order valence-electron chi connectivity index (χ1n) is 12.8. The Kier molecular flexibility index (Phi) is 8.61. The molecule has 9 heteroatoms. The van der Waals surface area contributed by atoms with Crippen LogP contribution in [0.3, 0.4) is 0 Å². The fourth-order valence-electron chi connectivity index (χ4n) is 3.96. The lowest BCUT2D eigenvalue weighted by molar-refractivity contribution is -0.142. The zero-order valence-electron chi connectivity index (χ0n) is 22.8. The van der Waals surface area contributed by atoms with Gasteiger partial charge in [-0.2, -0.15) is 4.40 Å². The number of furan rings is 1. The average molecular weight is 568 g/mol. The van der Waals surface area contributed by atoms with E-state index in [0.29, 0.717) is 24.5 Å². The highest BCUT2D eigenvalue weighted by atomic mass is 32.2. The summed E-state index contributed by atoms with van der Waals surface area (Å²) >= 11 is 1.46. The van der Waals surface area contributed by atoms with E-state index >= 15 is 0 Å². The van der Waals surface area contributed by atoms with Gasteiger partial charge in [-0.3, -0.25) is 4.79 Å². The van der Waals surface area contributed by atoms with Crippen LogP contribution >= 0.6 is 11.3 Å². The summed E-state index contributed by atoms with van der Waals surface area (Å²) in [7, 11) is -3.66. The molecule has 0 radical (unpaired) electrons. The first-order chi connectivity index (χ1) is 18.5. The molecular formula is C30H33NO6S2. The molecule has 2 aromatic heterocycles. The molecule has 0 N–H and O–H groups in total. The van der Waals surface area contributed by atoms with Crippen molar-refractivity contribution in [1.82, 2.24) is 0 Å². The number of carbonyl (C=O) groups is 1. The predicted octanol–water partition coefficient (Wildman–Crippen LogP) is 7.17. The van der Waals surface area contributed by atoms with Crippen LogP contribution in [0.5, 0.6) is 5.75 Å². The van der Waals surface area contributed by atoms with Crippen molar-refractivity contribution >= 4 is 44.0 Å². The number of thiophene rings is 1. The molecule has 0 aliphatic rings. The summed E-state index contributed by atoms with van der Waals surface area (Å²) in [6, 6.07) is 15.3. The molecule has 0 aliphatic heterocycles. The standard InChI is InChI=1S/C30H33NO6S2/c1-6-25(31-39(33,34)30(3,4)5)27-16-23(19-38-27)24-15-20(14-22-12-13-36-29(22)24)18-37-26-11-9-8-10-21(26)17-28(32)35-7-2/h8-16,19H,6-7,17-18H2,1-5H3. The van der Waals surface area contributed by atoms with Gasteiger partial charge in [0.05, 0.1) is 29.7 Å². The second-order valence-corrected chi connectivity index (χ2v) is 13.3. The van der Waals surface area contributed by atoms with Crippen molar-refractivity contribution < 1.29 is 27.1 Å². The zero-order chi connectivity index (χ0) is 28.2. The lowest BCUT2D eigenvalue weighted by Crippen LogP contribution is -2.26. The number of rotatable bonds is 10. The molecular weight excluding hydrogens is 534 g/mol. The molecule has 0 bridgehead atoms.